The predicted molar refractivity (Wildman–Crippen MR) is 176 cm³/mol. The second-order valence-electron chi connectivity index (χ2n) is 10.1. The van der Waals surface area contributed by atoms with Gasteiger partial charge in [-0.05, 0) is 68.3 Å². The number of rotatable bonds is 11. The first-order valence-corrected chi connectivity index (χ1v) is 16.1. The van der Waals surface area contributed by atoms with Crippen LogP contribution in [0.4, 0.5) is 4.39 Å². The molecule has 240 valence electrons. The average molecular weight is 712 g/mol. The number of methoxy groups -OCH3 is 2. The highest BCUT2D eigenvalue weighted by molar-refractivity contribution is 9.10. The molecule has 0 bridgehead atoms. The first-order valence-electron chi connectivity index (χ1n) is 14.4. The van der Waals surface area contributed by atoms with Gasteiger partial charge in [-0.25, -0.2) is 14.2 Å². The fraction of sp³-hybridized carbons (Fsp3) is 0.265. The van der Waals surface area contributed by atoms with Crippen molar-refractivity contribution in [2.24, 2.45) is 4.99 Å². The Hall–Kier alpha value is -4.42. The molecule has 12 heteroatoms. The number of benzene rings is 3. The average Bonchev–Trinajstić information content (AvgIpc) is 3.34. The summed E-state index contributed by atoms with van der Waals surface area (Å²) < 4.78 is 44.8. The number of hydrogen-bond acceptors (Lipinski definition) is 9. The summed E-state index contributed by atoms with van der Waals surface area (Å²) in [7, 11) is 3.04. The van der Waals surface area contributed by atoms with E-state index in [2.05, 4.69) is 20.9 Å². The molecule has 1 aliphatic heterocycles. The van der Waals surface area contributed by atoms with Crippen LogP contribution in [0.5, 0.6) is 23.0 Å². The lowest BCUT2D eigenvalue weighted by molar-refractivity contribution is -0.139. The highest BCUT2D eigenvalue weighted by Crippen LogP contribution is 2.41. The molecule has 1 aliphatic rings. The maximum absolute atomic E-state index is 14.1. The van der Waals surface area contributed by atoms with Crippen molar-refractivity contribution in [2.75, 3.05) is 27.4 Å². The fourth-order valence-corrected chi connectivity index (χ4v) is 6.68. The Labute approximate surface area is 277 Å². The Morgan fingerprint density at radius 2 is 1.74 bits per heavy atom. The van der Waals surface area contributed by atoms with E-state index < -0.39 is 12.0 Å². The molecule has 9 nitrogen and oxygen atoms in total. The quantitative estimate of drug-likeness (QED) is 0.185. The van der Waals surface area contributed by atoms with Crippen LogP contribution in [-0.4, -0.2) is 38.0 Å². The molecule has 2 heterocycles. The SMILES string of the molecule is CCOC(=O)C1=C(C)N=c2s/c(=C\c3ccc(OCc4ccccc4F)c(OCC)c3)c(=O)n2[C@@H]1c1cc(OC)c(OC)cc1Br. The van der Waals surface area contributed by atoms with E-state index in [4.69, 9.17) is 23.7 Å². The van der Waals surface area contributed by atoms with Crippen LogP contribution in [0.15, 0.2) is 80.1 Å². The molecule has 0 saturated carbocycles. The van der Waals surface area contributed by atoms with Crippen LogP contribution in [0.2, 0.25) is 0 Å². The van der Waals surface area contributed by atoms with Crippen molar-refractivity contribution in [3.8, 4) is 23.0 Å². The minimum Gasteiger partial charge on any atom is -0.493 e. The van der Waals surface area contributed by atoms with Gasteiger partial charge in [0.05, 0.1) is 49.3 Å². The van der Waals surface area contributed by atoms with Crippen molar-refractivity contribution in [1.29, 1.82) is 0 Å². The van der Waals surface area contributed by atoms with Gasteiger partial charge in [-0.15, -0.1) is 0 Å². The van der Waals surface area contributed by atoms with Crippen LogP contribution in [0.3, 0.4) is 0 Å². The van der Waals surface area contributed by atoms with Gasteiger partial charge in [-0.1, -0.05) is 51.5 Å². The monoisotopic (exact) mass is 710 g/mol. The van der Waals surface area contributed by atoms with Crippen molar-refractivity contribution in [2.45, 2.75) is 33.4 Å². The van der Waals surface area contributed by atoms with E-state index in [0.717, 1.165) is 0 Å². The summed E-state index contributed by atoms with van der Waals surface area (Å²) in [6.07, 6.45) is 1.73. The number of fused-ring (bicyclic) bond motifs is 1. The van der Waals surface area contributed by atoms with Crippen LogP contribution in [-0.2, 0) is 16.1 Å². The van der Waals surface area contributed by atoms with Crippen LogP contribution in [0, 0.1) is 5.82 Å². The number of nitrogens with zero attached hydrogens (tertiary/aromatic N) is 2. The van der Waals surface area contributed by atoms with Crippen molar-refractivity contribution < 1.29 is 32.9 Å². The van der Waals surface area contributed by atoms with Crippen molar-refractivity contribution in [3.05, 3.63) is 113 Å². The smallest absolute Gasteiger partial charge is 0.338 e. The molecule has 4 aromatic rings. The number of esters is 1. The van der Waals surface area contributed by atoms with Crippen LogP contribution in [0.1, 0.15) is 43.5 Å². The molecule has 0 radical (unpaired) electrons. The fourth-order valence-electron chi connectivity index (χ4n) is 5.09. The van der Waals surface area contributed by atoms with E-state index in [0.29, 0.717) is 65.8 Å². The first-order chi connectivity index (χ1) is 22.2. The van der Waals surface area contributed by atoms with Gasteiger partial charge < -0.3 is 23.7 Å². The number of aromatic nitrogens is 1. The summed E-state index contributed by atoms with van der Waals surface area (Å²) in [5.74, 6) is 0.880. The molecule has 0 fully saturated rings. The van der Waals surface area contributed by atoms with Gasteiger partial charge >= 0.3 is 5.97 Å². The summed E-state index contributed by atoms with van der Waals surface area (Å²) in [6.45, 7) is 5.84. The number of thiazole rings is 1. The van der Waals surface area contributed by atoms with Gasteiger partial charge in [0.25, 0.3) is 5.56 Å². The summed E-state index contributed by atoms with van der Waals surface area (Å²) >= 11 is 4.81. The van der Waals surface area contributed by atoms with E-state index in [1.54, 1.807) is 68.5 Å². The zero-order valence-electron chi connectivity index (χ0n) is 25.9. The molecule has 46 heavy (non-hydrogen) atoms. The van der Waals surface area contributed by atoms with Gasteiger partial charge in [0.2, 0.25) is 0 Å². The topological polar surface area (TPSA) is 97.6 Å². The summed E-state index contributed by atoms with van der Waals surface area (Å²) in [5.41, 5.74) is 2.03. The molecule has 0 spiro atoms. The van der Waals surface area contributed by atoms with Crippen LogP contribution >= 0.6 is 27.3 Å². The maximum atomic E-state index is 14.1. The Morgan fingerprint density at radius 1 is 1.00 bits per heavy atom. The number of halogens is 2. The molecular weight excluding hydrogens is 679 g/mol. The lowest BCUT2D eigenvalue weighted by Crippen LogP contribution is -2.40. The summed E-state index contributed by atoms with van der Waals surface area (Å²) in [5, 5.41) is 0. The lowest BCUT2D eigenvalue weighted by Gasteiger charge is -2.26. The van der Waals surface area contributed by atoms with Crippen molar-refractivity contribution in [3.63, 3.8) is 0 Å². The Kier molecular flexibility index (Phi) is 10.3. The standard InChI is InChI=1S/C34H32BrFN2O7S/c1-6-43-28-14-20(12-13-25(28)45-18-21-10-8-9-11-24(21)36)15-29-32(39)38-31(22-16-26(41-4)27(42-5)17-23(22)35)30(33(40)44-7-2)19(3)37-34(38)46-29/h8-17,31H,6-7,18H2,1-5H3/b29-15-/t31-/m1/s1. The molecule has 0 unspecified atom stereocenters. The van der Waals surface area contributed by atoms with Gasteiger partial charge in [-0.3, -0.25) is 9.36 Å². The number of allylic oxidation sites excluding steroid dienone is 1. The van der Waals surface area contributed by atoms with Gasteiger partial charge in [0, 0.05) is 10.0 Å². The van der Waals surface area contributed by atoms with E-state index in [1.807, 2.05) is 6.92 Å². The van der Waals surface area contributed by atoms with E-state index >= 15 is 0 Å². The highest BCUT2D eigenvalue weighted by atomic mass is 79.9. The number of carbonyl (C=O) groups is 1. The minimum absolute atomic E-state index is 0.0263. The minimum atomic E-state index is -0.861. The zero-order chi connectivity index (χ0) is 33.0. The Morgan fingerprint density at radius 3 is 2.43 bits per heavy atom. The number of ether oxygens (including phenoxy) is 5. The third kappa shape index (κ3) is 6.59. The summed E-state index contributed by atoms with van der Waals surface area (Å²) in [4.78, 5) is 32.5. The zero-order valence-corrected chi connectivity index (χ0v) is 28.3. The molecule has 0 N–H and O–H groups in total. The van der Waals surface area contributed by atoms with Crippen LogP contribution < -0.4 is 33.8 Å². The maximum Gasteiger partial charge on any atom is 0.338 e. The van der Waals surface area contributed by atoms with Crippen molar-refractivity contribution in [1.82, 2.24) is 4.57 Å². The third-order valence-electron chi connectivity index (χ3n) is 7.22. The predicted octanol–water partition coefficient (Wildman–Crippen LogP) is 5.69. The third-order valence-corrected chi connectivity index (χ3v) is 8.89. The molecule has 0 aliphatic carbocycles. The molecule has 5 rings (SSSR count). The van der Waals surface area contributed by atoms with E-state index in [1.165, 1.54) is 36.2 Å². The molecule has 0 amide bonds. The summed E-state index contributed by atoms with van der Waals surface area (Å²) in [6, 6.07) is 14.3. The van der Waals surface area contributed by atoms with Crippen LogP contribution in [0.25, 0.3) is 6.08 Å². The second kappa shape index (κ2) is 14.3. The molecule has 1 atom stereocenters. The van der Waals surface area contributed by atoms with E-state index in [9.17, 15) is 14.0 Å². The Bertz CT molecular complexity index is 2000. The number of carbonyl (C=O) groups excluding carboxylic acids is 1. The molecule has 3 aromatic carbocycles. The van der Waals surface area contributed by atoms with E-state index in [-0.39, 0.29) is 30.2 Å². The van der Waals surface area contributed by atoms with Gasteiger partial charge in [0.1, 0.15) is 12.4 Å². The second-order valence-corrected chi connectivity index (χ2v) is 11.9. The number of hydrogen-bond donors (Lipinski definition) is 0. The Balaban J connectivity index is 1.61. The molecule has 0 saturated heterocycles. The molecular formula is C34H32BrFN2O7S. The lowest BCUT2D eigenvalue weighted by atomic mass is 9.95. The van der Waals surface area contributed by atoms with Gasteiger partial charge in [-0.2, -0.15) is 0 Å². The van der Waals surface area contributed by atoms with Gasteiger partial charge in [0.15, 0.2) is 27.8 Å². The highest BCUT2D eigenvalue weighted by Gasteiger charge is 2.35. The normalized spacial score (nSPS) is 14.4. The molecule has 1 aromatic heterocycles. The van der Waals surface area contributed by atoms with Crippen molar-refractivity contribution >= 4 is 39.3 Å². The largest absolute Gasteiger partial charge is 0.493 e. The first kappa shape index (κ1) is 33.0.